The molecular formula is C19H21N3O4. The highest BCUT2D eigenvalue weighted by Crippen LogP contribution is 2.22. The molecule has 0 heterocycles. The van der Waals surface area contributed by atoms with Crippen molar-refractivity contribution in [1.82, 2.24) is 10.7 Å². The lowest BCUT2D eigenvalue weighted by atomic mass is 10.1. The Morgan fingerprint density at radius 1 is 1.12 bits per heavy atom. The molecule has 26 heavy (non-hydrogen) atoms. The minimum atomic E-state index is -0.639. The first-order chi connectivity index (χ1) is 12.4. The molecule has 1 atom stereocenters. The molecule has 0 aliphatic rings. The Hall–Kier alpha value is -3.35. The molecule has 0 bridgehead atoms. The smallest absolute Gasteiger partial charge is 0.275 e. The zero-order valence-electron chi connectivity index (χ0n) is 14.6. The van der Waals surface area contributed by atoms with E-state index >= 15 is 0 Å². The van der Waals surface area contributed by atoms with Crippen LogP contribution in [0.2, 0.25) is 0 Å². The number of hydrazone groups is 1. The summed E-state index contributed by atoms with van der Waals surface area (Å²) >= 11 is 0. The summed E-state index contributed by atoms with van der Waals surface area (Å²) in [7, 11) is 0. The number of nitrogens with one attached hydrogen (secondary N) is 2. The van der Waals surface area contributed by atoms with Crippen molar-refractivity contribution in [3.05, 3.63) is 59.7 Å². The predicted molar refractivity (Wildman–Crippen MR) is 98.0 cm³/mol. The first-order valence-corrected chi connectivity index (χ1v) is 8.06. The van der Waals surface area contributed by atoms with Gasteiger partial charge >= 0.3 is 0 Å². The second kappa shape index (κ2) is 8.66. The molecule has 2 aromatic carbocycles. The first-order valence-electron chi connectivity index (χ1n) is 8.06. The van der Waals surface area contributed by atoms with Gasteiger partial charge in [-0.1, -0.05) is 30.3 Å². The van der Waals surface area contributed by atoms with Gasteiger partial charge in [0.15, 0.2) is 0 Å². The minimum Gasteiger partial charge on any atom is -0.508 e. The van der Waals surface area contributed by atoms with E-state index in [1.54, 1.807) is 6.92 Å². The van der Waals surface area contributed by atoms with Crippen LogP contribution >= 0.6 is 0 Å². The SMILES string of the molecule is CC(CC(=O)NC(C)c1ccccc1)=NNC(=O)c1ccc(O)cc1O. The van der Waals surface area contributed by atoms with Gasteiger partial charge in [0.1, 0.15) is 11.5 Å². The van der Waals surface area contributed by atoms with E-state index in [1.807, 2.05) is 37.3 Å². The van der Waals surface area contributed by atoms with Gasteiger partial charge in [-0.2, -0.15) is 5.10 Å². The zero-order valence-corrected chi connectivity index (χ0v) is 14.6. The number of carbonyl (C=O) groups excluding carboxylic acids is 2. The van der Waals surface area contributed by atoms with Crippen molar-refractivity contribution in [1.29, 1.82) is 0 Å². The minimum absolute atomic E-state index is 0.0264. The summed E-state index contributed by atoms with van der Waals surface area (Å²) in [5.74, 6) is -1.36. The van der Waals surface area contributed by atoms with Gasteiger partial charge in [0, 0.05) is 11.8 Å². The number of hydrogen-bond donors (Lipinski definition) is 4. The van der Waals surface area contributed by atoms with Crippen LogP contribution in [0.5, 0.6) is 11.5 Å². The summed E-state index contributed by atoms with van der Waals surface area (Å²) in [4.78, 5) is 24.0. The summed E-state index contributed by atoms with van der Waals surface area (Å²) < 4.78 is 0. The van der Waals surface area contributed by atoms with E-state index in [1.165, 1.54) is 12.1 Å². The number of phenols is 2. The summed E-state index contributed by atoms with van der Waals surface area (Å²) in [6.07, 6.45) is 0.0268. The standard InChI is InChI=1S/C19H21N3O4/c1-12(10-18(25)20-13(2)14-6-4-3-5-7-14)21-22-19(26)16-9-8-15(23)11-17(16)24/h3-9,11,13,23-24H,10H2,1-2H3,(H,20,25)(H,22,26). The lowest BCUT2D eigenvalue weighted by Crippen LogP contribution is -2.28. The van der Waals surface area contributed by atoms with Gasteiger partial charge in [-0.25, -0.2) is 5.43 Å². The Balaban J connectivity index is 1.89. The van der Waals surface area contributed by atoms with Crippen LogP contribution in [0.4, 0.5) is 0 Å². The Morgan fingerprint density at radius 3 is 2.46 bits per heavy atom. The van der Waals surface area contributed by atoms with Crippen molar-refractivity contribution in [2.75, 3.05) is 0 Å². The molecule has 0 saturated carbocycles. The van der Waals surface area contributed by atoms with E-state index in [2.05, 4.69) is 15.8 Å². The monoisotopic (exact) mass is 355 g/mol. The largest absolute Gasteiger partial charge is 0.508 e. The molecule has 0 spiro atoms. The Morgan fingerprint density at radius 2 is 1.81 bits per heavy atom. The molecule has 0 aromatic heterocycles. The highest BCUT2D eigenvalue weighted by molar-refractivity contribution is 6.01. The van der Waals surface area contributed by atoms with E-state index < -0.39 is 5.91 Å². The van der Waals surface area contributed by atoms with Crippen LogP contribution in [0.1, 0.15) is 42.2 Å². The fourth-order valence-electron chi connectivity index (χ4n) is 2.31. The summed E-state index contributed by atoms with van der Waals surface area (Å²) in [5, 5.41) is 25.6. The number of benzene rings is 2. The lowest BCUT2D eigenvalue weighted by molar-refractivity contribution is -0.120. The molecule has 7 heteroatoms. The van der Waals surface area contributed by atoms with Crippen LogP contribution in [-0.4, -0.2) is 27.7 Å². The van der Waals surface area contributed by atoms with Crippen molar-refractivity contribution in [2.24, 2.45) is 5.10 Å². The maximum absolute atomic E-state index is 12.1. The Kier molecular flexibility index (Phi) is 6.32. The molecule has 0 fully saturated rings. The average Bonchev–Trinajstić information content (AvgIpc) is 2.60. The zero-order chi connectivity index (χ0) is 19.1. The van der Waals surface area contributed by atoms with Crippen molar-refractivity contribution in [3.8, 4) is 11.5 Å². The van der Waals surface area contributed by atoms with E-state index in [0.29, 0.717) is 5.71 Å². The van der Waals surface area contributed by atoms with Gasteiger partial charge < -0.3 is 15.5 Å². The van der Waals surface area contributed by atoms with Crippen LogP contribution < -0.4 is 10.7 Å². The fraction of sp³-hybridized carbons (Fsp3) is 0.211. The lowest BCUT2D eigenvalue weighted by Gasteiger charge is -2.14. The number of nitrogens with zero attached hydrogens (tertiary/aromatic N) is 1. The molecule has 0 aliphatic carbocycles. The summed E-state index contributed by atoms with van der Waals surface area (Å²) in [6, 6.07) is 13.0. The second-order valence-electron chi connectivity index (χ2n) is 5.87. The quantitative estimate of drug-likeness (QED) is 0.471. The van der Waals surface area contributed by atoms with Crippen LogP contribution in [0, 0.1) is 0 Å². The van der Waals surface area contributed by atoms with E-state index in [0.717, 1.165) is 11.6 Å². The van der Waals surface area contributed by atoms with Gasteiger partial charge in [-0.3, -0.25) is 9.59 Å². The number of carbonyl (C=O) groups is 2. The molecule has 0 saturated heterocycles. The molecule has 0 aliphatic heterocycles. The molecule has 0 radical (unpaired) electrons. The van der Waals surface area contributed by atoms with Crippen LogP contribution in [0.3, 0.4) is 0 Å². The average molecular weight is 355 g/mol. The molecule has 7 nitrogen and oxygen atoms in total. The maximum Gasteiger partial charge on any atom is 0.275 e. The van der Waals surface area contributed by atoms with Gasteiger partial charge in [0.25, 0.3) is 5.91 Å². The van der Waals surface area contributed by atoms with Gasteiger partial charge in [-0.15, -0.1) is 0 Å². The van der Waals surface area contributed by atoms with Crippen LogP contribution in [-0.2, 0) is 4.79 Å². The predicted octanol–water partition coefficient (Wildman–Crippen LogP) is 2.47. The Bertz CT molecular complexity index is 819. The van der Waals surface area contributed by atoms with Gasteiger partial charge in [0.2, 0.25) is 5.91 Å². The molecular weight excluding hydrogens is 334 g/mol. The fourth-order valence-corrected chi connectivity index (χ4v) is 2.31. The van der Waals surface area contributed by atoms with Crippen molar-refractivity contribution >= 4 is 17.5 Å². The molecule has 2 amide bonds. The molecule has 1 unspecified atom stereocenters. The number of rotatable bonds is 6. The van der Waals surface area contributed by atoms with Crippen LogP contribution in [0.25, 0.3) is 0 Å². The van der Waals surface area contributed by atoms with Gasteiger partial charge in [0.05, 0.1) is 18.0 Å². The molecule has 2 rings (SSSR count). The van der Waals surface area contributed by atoms with Crippen molar-refractivity contribution in [2.45, 2.75) is 26.3 Å². The normalized spacial score (nSPS) is 12.3. The molecule has 4 N–H and O–H groups in total. The summed E-state index contributed by atoms with van der Waals surface area (Å²) in [5.41, 5.74) is 3.65. The topological polar surface area (TPSA) is 111 Å². The van der Waals surface area contributed by atoms with Crippen molar-refractivity contribution < 1.29 is 19.8 Å². The van der Waals surface area contributed by atoms with Gasteiger partial charge in [-0.05, 0) is 31.5 Å². The Labute approximate surface area is 151 Å². The maximum atomic E-state index is 12.1. The highest BCUT2D eigenvalue weighted by atomic mass is 16.3. The van der Waals surface area contributed by atoms with Crippen LogP contribution in [0.15, 0.2) is 53.6 Å². The summed E-state index contributed by atoms with van der Waals surface area (Å²) in [6.45, 7) is 3.50. The third kappa shape index (κ3) is 5.34. The number of aromatic hydroxyl groups is 2. The van der Waals surface area contributed by atoms with Crippen molar-refractivity contribution in [3.63, 3.8) is 0 Å². The highest BCUT2D eigenvalue weighted by Gasteiger charge is 2.13. The van der Waals surface area contributed by atoms with E-state index in [-0.39, 0.29) is 35.4 Å². The number of hydrogen-bond acceptors (Lipinski definition) is 5. The first kappa shape index (κ1) is 19.0. The van der Waals surface area contributed by atoms with E-state index in [4.69, 9.17) is 0 Å². The third-order valence-electron chi connectivity index (χ3n) is 3.67. The van der Waals surface area contributed by atoms with E-state index in [9.17, 15) is 19.8 Å². The number of amides is 2. The molecule has 136 valence electrons. The molecule has 2 aromatic rings. The number of phenolic OH excluding ortho intramolecular Hbond substituents is 2. The third-order valence-corrected chi connectivity index (χ3v) is 3.67. The second-order valence-corrected chi connectivity index (χ2v) is 5.87.